The average molecular weight is 156 g/mol. The second-order valence-corrected chi connectivity index (χ2v) is 2.49. The first-order valence-electron chi connectivity index (χ1n) is 2.96. The Morgan fingerprint density at radius 2 is 2.20 bits per heavy atom. The summed E-state index contributed by atoms with van der Waals surface area (Å²) in [6.45, 7) is 1.92. The Hall–Kier alpha value is -0.820. The van der Waals surface area contributed by atoms with Crippen LogP contribution in [0.1, 0.15) is 15.9 Å². The highest BCUT2D eigenvalue weighted by Crippen LogP contribution is 2.05. The summed E-state index contributed by atoms with van der Waals surface area (Å²) < 4.78 is 0. The Bertz CT molecular complexity index is 255. The molecule has 1 rings (SSSR count). The van der Waals surface area contributed by atoms with Gasteiger partial charge in [0.05, 0.1) is 0 Å². The summed E-state index contributed by atoms with van der Waals surface area (Å²) in [7, 11) is 0. The summed E-state index contributed by atoms with van der Waals surface area (Å²) in [4.78, 5) is 10.6. The molecule has 0 amide bonds. The first-order chi connectivity index (χ1) is 4.70. The van der Waals surface area contributed by atoms with Gasteiger partial charge in [-0.1, -0.05) is 23.8 Å². The van der Waals surface area contributed by atoms with Crippen molar-refractivity contribution in [1.82, 2.24) is 0 Å². The van der Waals surface area contributed by atoms with Crippen LogP contribution in [0.25, 0.3) is 0 Å². The van der Waals surface area contributed by atoms with Crippen LogP contribution in [0.2, 0.25) is 0 Å². The van der Waals surface area contributed by atoms with E-state index in [0.29, 0.717) is 5.56 Å². The van der Waals surface area contributed by atoms with Crippen molar-refractivity contribution in [3.05, 3.63) is 35.4 Å². The quantitative estimate of drug-likeness (QED) is 0.570. The fraction of sp³-hybridized carbons (Fsp3) is 0.125. The van der Waals surface area contributed by atoms with E-state index in [4.69, 9.17) is 11.6 Å². The summed E-state index contributed by atoms with van der Waals surface area (Å²) in [6.07, 6.45) is 0. The molecule has 10 heavy (non-hydrogen) atoms. The molecule has 0 spiro atoms. The maximum Gasteiger partial charge on any atom is 0.252 e. The third kappa shape index (κ3) is 1.58. The molecule has 0 N–H and O–H groups in total. The summed E-state index contributed by atoms with van der Waals surface area (Å²) >= 11 is 5.24. The number of carbonyl (C=O) groups is 1. The van der Waals surface area contributed by atoms with Gasteiger partial charge in [-0.3, -0.25) is 4.79 Å². The van der Waals surface area contributed by atoms with Crippen LogP contribution in [0.3, 0.4) is 0 Å². The third-order valence-corrected chi connectivity index (χ3v) is 1.46. The van der Waals surface area contributed by atoms with Crippen molar-refractivity contribution in [2.45, 2.75) is 6.92 Å². The van der Waals surface area contributed by atoms with Crippen LogP contribution >= 0.6 is 11.6 Å². The molecule has 0 saturated heterocycles. The van der Waals surface area contributed by atoms with E-state index in [1.54, 1.807) is 12.1 Å². The predicted molar refractivity (Wildman–Crippen MR) is 41.4 cm³/mol. The molecule has 0 aliphatic heterocycles. The Labute approximate surface area is 64.6 Å². The minimum Gasteiger partial charge on any atom is -0.276 e. The number of hydrogen-bond acceptors (Lipinski definition) is 1. The number of halogens is 1. The smallest absolute Gasteiger partial charge is 0.252 e. The van der Waals surface area contributed by atoms with Crippen LogP contribution in [-0.4, -0.2) is 5.24 Å². The van der Waals surface area contributed by atoms with E-state index in [2.05, 4.69) is 0 Å². The highest BCUT2D eigenvalue weighted by Gasteiger charge is 1.98. The maximum atomic E-state index is 10.6. The van der Waals surface area contributed by atoms with Crippen molar-refractivity contribution >= 4 is 16.8 Å². The van der Waals surface area contributed by atoms with Crippen molar-refractivity contribution in [3.8, 4) is 0 Å². The maximum absolute atomic E-state index is 10.6. The zero-order chi connectivity index (χ0) is 7.56. The van der Waals surface area contributed by atoms with E-state index in [1.807, 2.05) is 19.1 Å². The molecule has 0 aliphatic carbocycles. The summed E-state index contributed by atoms with van der Waals surface area (Å²) in [5.74, 6) is 0. The predicted octanol–water partition coefficient (Wildman–Crippen LogP) is 2.37. The highest BCUT2D eigenvalue weighted by molar-refractivity contribution is 6.67. The molecular formula is C8H7ClO. The van der Waals surface area contributed by atoms with Gasteiger partial charge in [0.2, 0.25) is 0 Å². The van der Waals surface area contributed by atoms with Crippen LogP contribution < -0.4 is 0 Å². The van der Waals surface area contributed by atoms with Gasteiger partial charge in [-0.2, -0.15) is 0 Å². The molecule has 1 aromatic carbocycles. The molecule has 2 heteroatoms. The van der Waals surface area contributed by atoms with Crippen LogP contribution in [0.15, 0.2) is 24.3 Å². The first kappa shape index (κ1) is 7.29. The molecule has 1 aromatic rings. The van der Waals surface area contributed by atoms with E-state index >= 15 is 0 Å². The lowest BCUT2D eigenvalue weighted by molar-refractivity contribution is 0.108. The van der Waals surface area contributed by atoms with Crippen molar-refractivity contribution in [2.24, 2.45) is 0 Å². The Morgan fingerprint density at radius 3 is 2.60 bits per heavy atom. The zero-order valence-electron chi connectivity index (χ0n) is 5.60. The second kappa shape index (κ2) is 2.84. The van der Waals surface area contributed by atoms with Crippen molar-refractivity contribution in [1.29, 1.82) is 0 Å². The molecule has 0 heterocycles. The Balaban J connectivity index is 3.07. The van der Waals surface area contributed by atoms with E-state index in [0.717, 1.165) is 5.56 Å². The molecular weight excluding hydrogens is 149 g/mol. The van der Waals surface area contributed by atoms with Gasteiger partial charge in [0.15, 0.2) is 0 Å². The number of hydrogen-bond donors (Lipinski definition) is 0. The summed E-state index contributed by atoms with van der Waals surface area (Å²) in [5.41, 5.74) is 1.60. The van der Waals surface area contributed by atoms with Gasteiger partial charge >= 0.3 is 0 Å². The van der Waals surface area contributed by atoms with Crippen LogP contribution in [0, 0.1) is 6.92 Å². The number of aryl methyl sites for hydroxylation is 1. The number of rotatable bonds is 1. The first-order valence-corrected chi connectivity index (χ1v) is 3.34. The second-order valence-electron chi connectivity index (χ2n) is 2.14. The van der Waals surface area contributed by atoms with Crippen molar-refractivity contribution in [3.63, 3.8) is 0 Å². The van der Waals surface area contributed by atoms with E-state index in [-0.39, 0.29) is 0 Å². The van der Waals surface area contributed by atoms with Gasteiger partial charge < -0.3 is 0 Å². The number of carbonyl (C=O) groups excluding carboxylic acids is 1. The average Bonchev–Trinajstić information content (AvgIpc) is 1.88. The van der Waals surface area contributed by atoms with E-state index < -0.39 is 5.24 Å². The molecule has 0 bridgehead atoms. The molecule has 0 aromatic heterocycles. The molecule has 0 radical (unpaired) electrons. The normalized spacial score (nSPS) is 9.40. The molecule has 0 fully saturated rings. The van der Waals surface area contributed by atoms with Gasteiger partial charge in [0, 0.05) is 5.56 Å². The fourth-order valence-electron chi connectivity index (χ4n) is 0.767. The van der Waals surface area contributed by atoms with Gasteiger partial charge in [-0.15, -0.1) is 0 Å². The van der Waals surface area contributed by atoms with Crippen molar-refractivity contribution in [2.75, 3.05) is 0 Å². The Morgan fingerprint density at radius 1 is 1.50 bits per heavy atom. The van der Waals surface area contributed by atoms with Gasteiger partial charge in [-0.05, 0) is 24.6 Å². The lowest BCUT2D eigenvalue weighted by Gasteiger charge is -1.93. The molecule has 1 nitrogen and oxygen atoms in total. The number of benzene rings is 1. The SMILES string of the molecule is Cc1cccc(C(=O)[37Cl])c1. The van der Waals surface area contributed by atoms with E-state index in [1.165, 1.54) is 0 Å². The molecule has 0 unspecified atom stereocenters. The van der Waals surface area contributed by atoms with Crippen LogP contribution in [0.5, 0.6) is 0 Å². The standard InChI is InChI=1S/C8H7ClO/c1-6-3-2-4-7(5-6)8(9)10/h2-5H,1H3/i9+2. The minimum atomic E-state index is -0.399. The third-order valence-electron chi connectivity index (χ3n) is 1.25. The molecule has 0 saturated carbocycles. The van der Waals surface area contributed by atoms with Gasteiger partial charge in [0.25, 0.3) is 5.24 Å². The summed E-state index contributed by atoms with van der Waals surface area (Å²) in [5, 5.41) is -0.399. The lowest BCUT2D eigenvalue weighted by Crippen LogP contribution is -1.87. The topological polar surface area (TPSA) is 17.1 Å². The van der Waals surface area contributed by atoms with E-state index in [9.17, 15) is 4.79 Å². The Kier molecular flexibility index (Phi) is 2.07. The lowest BCUT2D eigenvalue weighted by atomic mass is 10.2. The minimum absolute atomic E-state index is 0.399. The zero-order valence-corrected chi connectivity index (χ0v) is 6.35. The van der Waals surface area contributed by atoms with Gasteiger partial charge in [0.1, 0.15) is 0 Å². The van der Waals surface area contributed by atoms with Crippen LogP contribution in [-0.2, 0) is 0 Å². The summed E-state index contributed by atoms with van der Waals surface area (Å²) in [6, 6.07) is 7.19. The highest BCUT2D eigenvalue weighted by atomic mass is 37.0. The largest absolute Gasteiger partial charge is 0.276 e. The van der Waals surface area contributed by atoms with Crippen LogP contribution in [0.4, 0.5) is 0 Å². The van der Waals surface area contributed by atoms with Gasteiger partial charge in [-0.25, -0.2) is 0 Å². The molecule has 0 atom stereocenters. The van der Waals surface area contributed by atoms with Crippen molar-refractivity contribution < 1.29 is 4.79 Å². The fourth-order valence-corrected chi connectivity index (χ4v) is 0.885. The monoisotopic (exact) mass is 156 g/mol. The molecule has 0 aliphatic rings. The molecule has 52 valence electrons.